The predicted octanol–water partition coefficient (Wildman–Crippen LogP) is 5.94. The molecular weight excluding hydrogens is 433 g/mol. The Kier molecular flexibility index (Phi) is 6.98. The Bertz CT molecular complexity index is 746. The van der Waals surface area contributed by atoms with Gasteiger partial charge in [0.1, 0.15) is 12.4 Å². The fourth-order valence-electron chi connectivity index (χ4n) is 2.52. The highest BCUT2D eigenvalue weighted by Crippen LogP contribution is 2.28. The van der Waals surface area contributed by atoms with Gasteiger partial charge in [-0.15, -0.1) is 0 Å². The molecule has 0 fully saturated rings. The zero-order chi connectivity index (χ0) is 17.7. The Balaban J connectivity index is 2.23. The summed E-state index contributed by atoms with van der Waals surface area (Å²) in [6, 6.07) is 10.2. The molecule has 2 aromatic carbocycles. The van der Waals surface area contributed by atoms with E-state index in [4.69, 9.17) is 4.74 Å². The fraction of sp³-hybridized carbons (Fsp3) is 0.316. The molecule has 24 heavy (non-hydrogen) atoms. The highest BCUT2D eigenvalue weighted by atomic mass is 127. The quantitative estimate of drug-likeness (QED) is 0.567. The molecule has 0 heterocycles. The summed E-state index contributed by atoms with van der Waals surface area (Å²) < 4.78 is 7.15. The molecule has 2 rings (SSSR count). The van der Waals surface area contributed by atoms with Gasteiger partial charge in [-0.1, -0.05) is 30.8 Å². The lowest BCUT2D eigenvalue weighted by Gasteiger charge is -2.16. The summed E-state index contributed by atoms with van der Waals surface area (Å²) in [5.74, 6) is 0.895. The van der Waals surface area contributed by atoms with Crippen molar-refractivity contribution in [2.24, 2.45) is 0 Å². The van der Waals surface area contributed by atoms with E-state index in [0.717, 1.165) is 44.3 Å². The van der Waals surface area contributed by atoms with E-state index in [1.54, 1.807) is 6.26 Å². The number of carbonyl (C=O) groups is 1. The lowest BCUT2D eigenvalue weighted by molar-refractivity contribution is 0.269. The molecule has 0 aliphatic heterocycles. The topological polar surface area (TPSA) is 38.3 Å². The third-order valence-electron chi connectivity index (χ3n) is 3.93. The highest BCUT2D eigenvalue weighted by Gasteiger charge is 2.11. The maximum atomic E-state index is 11.7. The number of ether oxygens (including phenoxy) is 1. The van der Waals surface area contributed by atoms with E-state index in [1.807, 2.05) is 18.2 Å². The zero-order valence-corrected chi connectivity index (χ0v) is 17.4. The molecular formula is C19H22INO2S. The molecule has 0 radical (unpaired) electrons. The van der Waals surface area contributed by atoms with Gasteiger partial charge in [-0.3, -0.25) is 4.79 Å². The van der Waals surface area contributed by atoms with Gasteiger partial charge in [0.05, 0.1) is 0 Å². The minimum atomic E-state index is -0.0717. The molecule has 1 amide bonds. The first kappa shape index (κ1) is 19.1. The average Bonchev–Trinajstić information content (AvgIpc) is 2.56. The number of hydrogen-bond donors (Lipinski definition) is 1. The number of thioether (sulfide) groups is 1. The number of carbonyl (C=O) groups excluding carboxylic acids is 1. The van der Waals surface area contributed by atoms with Crippen molar-refractivity contribution < 1.29 is 9.53 Å². The van der Waals surface area contributed by atoms with Crippen LogP contribution in [-0.2, 0) is 13.0 Å². The number of nitrogens with one attached hydrogen (secondary N) is 1. The van der Waals surface area contributed by atoms with Crippen molar-refractivity contribution in [3.63, 3.8) is 0 Å². The summed E-state index contributed by atoms with van der Waals surface area (Å²) in [5.41, 5.74) is 5.54. The van der Waals surface area contributed by atoms with Crippen molar-refractivity contribution in [3.05, 3.63) is 56.2 Å². The molecule has 0 aromatic heterocycles. The van der Waals surface area contributed by atoms with Crippen LogP contribution in [0.3, 0.4) is 0 Å². The summed E-state index contributed by atoms with van der Waals surface area (Å²) in [6.07, 6.45) is 2.79. The number of benzene rings is 2. The molecule has 0 unspecified atom stereocenters. The van der Waals surface area contributed by atoms with E-state index in [9.17, 15) is 4.79 Å². The molecule has 3 nitrogen and oxygen atoms in total. The number of aryl methyl sites for hydroxylation is 3. The molecule has 2 aromatic rings. The summed E-state index contributed by atoms with van der Waals surface area (Å²) in [4.78, 5) is 11.7. The smallest absolute Gasteiger partial charge is 0.283 e. The molecule has 0 saturated carbocycles. The van der Waals surface area contributed by atoms with Crippen LogP contribution < -0.4 is 10.1 Å². The number of hydrogen-bond acceptors (Lipinski definition) is 3. The number of halogens is 1. The summed E-state index contributed by atoms with van der Waals surface area (Å²) in [5, 5.41) is 2.85. The van der Waals surface area contributed by atoms with Crippen molar-refractivity contribution in [2.45, 2.75) is 33.8 Å². The van der Waals surface area contributed by atoms with Crippen LogP contribution in [0, 0.1) is 17.4 Å². The Morgan fingerprint density at radius 3 is 2.67 bits per heavy atom. The van der Waals surface area contributed by atoms with Crippen LogP contribution in [0.15, 0.2) is 30.3 Å². The minimum Gasteiger partial charge on any atom is -0.489 e. The van der Waals surface area contributed by atoms with Gasteiger partial charge >= 0.3 is 0 Å². The number of amides is 1. The molecule has 0 aliphatic carbocycles. The Labute approximate surface area is 161 Å². The molecule has 0 spiro atoms. The third kappa shape index (κ3) is 4.66. The number of anilines is 1. The molecule has 0 aliphatic rings. The normalized spacial score (nSPS) is 10.5. The molecule has 128 valence electrons. The molecule has 0 saturated heterocycles. The summed E-state index contributed by atoms with van der Waals surface area (Å²) in [7, 11) is 0. The van der Waals surface area contributed by atoms with Gasteiger partial charge in [0, 0.05) is 14.8 Å². The van der Waals surface area contributed by atoms with Crippen LogP contribution >= 0.6 is 34.4 Å². The Morgan fingerprint density at radius 1 is 1.25 bits per heavy atom. The molecule has 0 atom stereocenters. The van der Waals surface area contributed by atoms with Crippen LogP contribution in [0.5, 0.6) is 5.75 Å². The molecule has 5 heteroatoms. The first-order chi connectivity index (χ1) is 11.5. The lowest BCUT2D eigenvalue weighted by Crippen LogP contribution is -2.09. The van der Waals surface area contributed by atoms with Gasteiger partial charge in [-0.2, -0.15) is 0 Å². The maximum absolute atomic E-state index is 11.7. The SMILES string of the molecule is CCc1cc(C)c(OCc2c(I)cccc2NC(=O)SC)cc1C. The summed E-state index contributed by atoms with van der Waals surface area (Å²) in [6.45, 7) is 6.77. The van der Waals surface area contributed by atoms with E-state index in [0.29, 0.717) is 6.61 Å². The largest absolute Gasteiger partial charge is 0.489 e. The minimum absolute atomic E-state index is 0.0717. The van der Waals surface area contributed by atoms with E-state index < -0.39 is 0 Å². The van der Waals surface area contributed by atoms with Crippen LogP contribution in [0.2, 0.25) is 0 Å². The van der Waals surface area contributed by atoms with E-state index in [-0.39, 0.29) is 5.24 Å². The predicted molar refractivity (Wildman–Crippen MR) is 111 cm³/mol. The first-order valence-electron chi connectivity index (χ1n) is 7.81. The van der Waals surface area contributed by atoms with Crippen molar-refractivity contribution in [2.75, 3.05) is 11.6 Å². The van der Waals surface area contributed by atoms with Gasteiger partial charge in [0.2, 0.25) is 0 Å². The van der Waals surface area contributed by atoms with Crippen molar-refractivity contribution in [1.82, 2.24) is 0 Å². The maximum Gasteiger partial charge on any atom is 0.283 e. The van der Waals surface area contributed by atoms with Crippen LogP contribution in [-0.4, -0.2) is 11.5 Å². The van der Waals surface area contributed by atoms with E-state index >= 15 is 0 Å². The van der Waals surface area contributed by atoms with Gasteiger partial charge in [0.25, 0.3) is 5.24 Å². The van der Waals surface area contributed by atoms with Crippen LogP contribution in [0.25, 0.3) is 0 Å². The second kappa shape index (κ2) is 8.76. The average molecular weight is 455 g/mol. The Hall–Kier alpha value is -1.21. The molecule has 0 bridgehead atoms. The number of rotatable bonds is 5. The van der Waals surface area contributed by atoms with Gasteiger partial charge in [-0.05, 0) is 84.0 Å². The van der Waals surface area contributed by atoms with Crippen LogP contribution in [0.4, 0.5) is 10.5 Å². The van der Waals surface area contributed by atoms with Crippen molar-refractivity contribution >= 4 is 45.3 Å². The zero-order valence-electron chi connectivity index (χ0n) is 14.4. The van der Waals surface area contributed by atoms with Crippen molar-refractivity contribution in [1.29, 1.82) is 0 Å². The summed E-state index contributed by atoms with van der Waals surface area (Å²) >= 11 is 3.44. The lowest BCUT2D eigenvalue weighted by atomic mass is 10.0. The highest BCUT2D eigenvalue weighted by molar-refractivity contribution is 14.1. The third-order valence-corrected chi connectivity index (χ3v) is 5.41. The molecule has 1 N–H and O–H groups in total. The van der Waals surface area contributed by atoms with E-state index in [1.165, 1.54) is 11.1 Å². The second-order valence-electron chi connectivity index (χ2n) is 5.57. The van der Waals surface area contributed by atoms with Gasteiger partial charge in [-0.25, -0.2) is 0 Å². The second-order valence-corrected chi connectivity index (χ2v) is 7.51. The Morgan fingerprint density at radius 2 is 2.00 bits per heavy atom. The van der Waals surface area contributed by atoms with Crippen LogP contribution in [0.1, 0.15) is 29.2 Å². The fourth-order valence-corrected chi connectivity index (χ4v) is 3.39. The monoisotopic (exact) mass is 455 g/mol. The van der Waals surface area contributed by atoms with Crippen molar-refractivity contribution in [3.8, 4) is 5.75 Å². The standard InChI is InChI=1S/C19H22INO2S/c1-5-14-9-13(3)18(10-12(14)2)23-11-15-16(20)7-6-8-17(15)21-19(22)24-4/h6-10H,5,11H2,1-4H3,(H,21,22). The first-order valence-corrected chi connectivity index (χ1v) is 10.1. The van der Waals surface area contributed by atoms with Gasteiger partial charge in [0.15, 0.2) is 0 Å². The van der Waals surface area contributed by atoms with E-state index in [2.05, 4.69) is 60.8 Å². The van der Waals surface area contributed by atoms with Gasteiger partial charge < -0.3 is 10.1 Å².